The molecule has 0 aliphatic carbocycles. The number of rotatable bonds is 5. The Bertz CT molecular complexity index is 472. The summed E-state index contributed by atoms with van der Waals surface area (Å²) < 4.78 is 2.09. The van der Waals surface area contributed by atoms with Crippen LogP contribution < -0.4 is 0 Å². The molecular weight excluding hydrogens is 230 g/mol. The molecular formula is C13H19N3S. The normalized spacial score (nSPS) is 11.3. The van der Waals surface area contributed by atoms with Crippen LogP contribution in [0.2, 0.25) is 0 Å². The van der Waals surface area contributed by atoms with Gasteiger partial charge in [-0.15, -0.1) is 11.3 Å². The number of thiophene rings is 1. The van der Waals surface area contributed by atoms with E-state index in [-0.39, 0.29) is 0 Å². The molecule has 0 aromatic carbocycles. The second kappa shape index (κ2) is 5.47. The van der Waals surface area contributed by atoms with Crippen LogP contribution in [0, 0.1) is 6.92 Å². The quantitative estimate of drug-likeness (QED) is 0.811. The lowest BCUT2D eigenvalue weighted by Gasteiger charge is -2.16. The predicted octanol–water partition coefficient (Wildman–Crippen LogP) is 2.46. The second-order valence-electron chi connectivity index (χ2n) is 4.47. The van der Waals surface area contributed by atoms with Gasteiger partial charge in [-0.25, -0.2) is 4.98 Å². The number of nitrogens with zero attached hydrogens (tertiary/aromatic N) is 3. The van der Waals surface area contributed by atoms with Crippen molar-refractivity contribution in [3.8, 4) is 0 Å². The summed E-state index contributed by atoms with van der Waals surface area (Å²) in [6.45, 7) is 4.26. The maximum absolute atomic E-state index is 4.34. The summed E-state index contributed by atoms with van der Waals surface area (Å²) in [6, 6.07) is 2.19. The predicted molar refractivity (Wildman–Crippen MR) is 72.3 cm³/mol. The standard InChI is InChI=1S/C13H19N3S/c1-11-5-9-17-12(11)10-15(2)7-4-13-14-6-8-16(13)3/h5-6,8-9H,4,7,10H2,1-3H3. The van der Waals surface area contributed by atoms with Crippen molar-refractivity contribution in [2.45, 2.75) is 19.9 Å². The number of hydrogen-bond donors (Lipinski definition) is 0. The number of aromatic nitrogens is 2. The first-order valence-corrected chi connectivity index (χ1v) is 6.72. The van der Waals surface area contributed by atoms with Crippen LogP contribution in [0.5, 0.6) is 0 Å². The first-order chi connectivity index (χ1) is 8.16. The van der Waals surface area contributed by atoms with Crippen molar-refractivity contribution in [3.63, 3.8) is 0 Å². The fraction of sp³-hybridized carbons (Fsp3) is 0.462. The van der Waals surface area contributed by atoms with Gasteiger partial charge in [0, 0.05) is 43.8 Å². The van der Waals surface area contributed by atoms with Crippen LogP contribution >= 0.6 is 11.3 Å². The largest absolute Gasteiger partial charge is 0.338 e. The summed E-state index contributed by atoms with van der Waals surface area (Å²) in [5, 5.41) is 2.16. The van der Waals surface area contributed by atoms with E-state index in [0.717, 1.165) is 25.3 Å². The molecule has 2 aromatic rings. The van der Waals surface area contributed by atoms with Crippen LogP contribution in [0.25, 0.3) is 0 Å². The second-order valence-corrected chi connectivity index (χ2v) is 5.47. The van der Waals surface area contributed by atoms with E-state index in [2.05, 4.69) is 39.9 Å². The van der Waals surface area contributed by atoms with E-state index in [1.54, 1.807) is 0 Å². The van der Waals surface area contributed by atoms with E-state index in [9.17, 15) is 0 Å². The number of hydrogen-bond acceptors (Lipinski definition) is 3. The van der Waals surface area contributed by atoms with Crippen molar-refractivity contribution in [3.05, 3.63) is 40.1 Å². The van der Waals surface area contributed by atoms with Gasteiger partial charge in [-0.1, -0.05) is 0 Å². The van der Waals surface area contributed by atoms with Gasteiger partial charge in [-0.05, 0) is 31.0 Å². The Labute approximate surface area is 107 Å². The summed E-state index contributed by atoms with van der Waals surface area (Å²) in [4.78, 5) is 8.16. The molecule has 0 aliphatic rings. The average molecular weight is 249 g/mol. The Kier molecular flexibility index (Phi) is 3.97. The monoisotopic (exact) mass is 249 g/mol. The van der Waals surface area contributed by atoms with Crippen LogP contribution in [0.15, 0.2) is 23.8 Å². The number of likely N-dealkylation sites (N-methyl/N-ethyl adjacent to an activating group) is 1. The third-order valence-electron chi connectivity index (χ3n) is 3.02. The molecule has 3 nitrogen and oxygen atoms in total. The van der Waals surface area contributed by atoms with Crippen LogP contribution in [0.4, 0.5) is 0 Å². The molecule has 2 rings (SSSR count). The van der Waals surface area contributed by atoms with E-state index in [1.807, 2.05) is 30.8 Å². The van der Waals surface area contributed by atoms with E-state index >= 15 is 0 Å². The van der Waals surface area contributed by atoms with Crippen LogP contribution in [0.1, 0.15) is 16.3 Å². The molecule has 0 radical (unpaired) electrons. The first-order valence-electron chi connectivity index (χ1n) is 5.84. The van der Waals surface area contributed by atoms with Crippen molar-refractivity contribution in [2.24, 2.45) is 7.05 Å². The highest BCUT2D eigenvalue weighted by Crippen LogP contribution is 2.17. The minimum atomic E-state index is 1.00. The van der Waals surface area contributed by atoms with Gasteiger partial charge in [0.25, 0.3) is 0 Å². The Morgan fingerprint density at radius 1 is 1.47 bits per heavy atom. The molecule has 0 N–H and O–H groups in total. The fourth-order valence-corrected chi connectivity index (χ4v) is 2.80. The minimum absolute atomic E-state index is 1.00. The molecule has 0 aliphatic heterocycles. The van der Waals surface area contributed by atoms with Crippen molar-refractivity contribution < 1.29 is 0 Å². The van der Waals surface area contributed by atoms with E-state index in [0.29, 0.717) is 0 Å². The highest BCUT2D eigenvalue weighted by molar-refractivity contribution is 7.10. The summed E-state index contributed by atoms with van der Waals surface area (Å²) in [5.74, 6) is 1.15. The van der Waals surface area contributed by atoms with E-state index in [4.69, 9.17) is 0 Å². The van der Waals surface area contributed by atoms with Gasteiger partial charge in [0.15, 0.2) is 0 Å². The molecule has 0 saturated carbocycles. The molecule has 4 heteroatoms. The van der Waals surface area contributed by atoms with Gasteiger partial charge in [0.2, 0.25) is 0 Å². The fourth-order valence-electron chi connectivity index (χ4n) is 1.82. The molecule has 2 heterocycles. The van der Waals surface area contributed by atoms with Crippen molar-refractivity contribution >= 4 is 11.3 Å². The Balaban J connectivity index is 1.84. The van der Waals surface area contributed by atoms with Gasteiger partial charge in [0.05, 0.1) is 0 Å². The van der Waals surface area contributed by atoms with Crippen molar-refractivity contribution in [1.29, 1.82) is 0 Å². The summed E-state index contributed by atoms with van der Waals surface area (Å²) >= 11 is 1.84. The highest BCUT2D eigenvalue weighted by Gasteiger charge is 2.06. The van der Waals surface area contributed by atoms with E-state index < -0.39 is 0 Å². The van der Waals surface area contributed by atoms with Crippen LogP contribution in [0.3, 0.4) is 0 Å². The zero-order valence-electron chi connectivity index (χ0n) is 10.7. The van der Waals surface area contributed by atoms with Gasteiger partial charge in [-0.2, -0.15) is 0 Å². The molecule has 0 saturated heterocycles. The zero-order valence-corrected chi connectivity index (χ0v) is 11.5. The molecule has 0 atom stereocenters. The minimum Gasteiger partial charge on any atom is -0.338 e. The summed E-state index contributed by atoms with van der Waals surface area (Å²) in [6.07, 6.45) is 4.86. The Morgan fingerprint density at radius 3 is 2.88 bits per heavy atom. The smallest absolute Gasteiger partial charge is 0.109 e. The highest BCUT2D eigenvalue weighted by atomic mass is 32.1. The molecule has 2 aromatic heterocycles. The number of aryl methyl sites for hydroxylation is 2. The lowest BCUT2D eigenvalue weighted by molar-refractivity contribution is 0.330. The molecule has 0 bridgehead atoms. The molecule has 0 spiro atoms. The molecule has 0 amide bonds. The Morgan fingerprint density at radius 2 is 2.29 bits per heavy atom. The average Bonchev–Trinajstić information content (AvgIpc) is 2.86. The van der Waals surface area contributed by atoms with Gasteiger partial charge in [-0.3, -0.25) is 0 Å². The van der Waals surface area contributed by atoms with Gasteiger partial charge >= 0.3 is 0 Å². The van der Waals surface area contributed by atoms with Crippen molar-refractivity contribution in [2.75, 3.05) is 13.6 Å². The third kappa shape index (κ3) is 3.17. The molecule has 0 fully saturated rings. The first kappa shape index (κ1) is 12.3. The number of imidazole rings is 1. The lowest BCUT2D eigenvalue weighted by atomic mass is 10.3. The van der Waals surface area contributed by atoms with E-state index in [1.165, 1.54) is 10.4 Å². The summed E-state index contributed by atoms with van der Waals surface area (Å²) in [5.41, 5.74) is 1.40. The topological polar surface area (TPSA) is 21.1 Å². The molecule has 17 heavy (non-hydrogen) atoms. The maximum Gasteiger partial charge on any atom is 0.109 e. The van der Waals surface area contributed by atoms with Gasteiger partial charge < -0.3 is 9.47 Å². The molecule has 0 unspecified atom stereocenters. The molecule has 92 valence electrons. The summed E-state index contributed by atoms with van der Waals surface area (Å²) in [7, 11) is 4.22. The SMILES string of the molecule is Cc1ccsc1CN(C)CCc1nccn1C. The van der Waals surface area contributed by atoms with Crippen molar-refractivity contribution in [1.82, 2.24) is 14.5 Å². The van der Waals surface area contributed by atoms with Gasteiger partial charge in [0.1, 0.15) is 5.82 Å². The van der Waals surface area contributed by atoms with Crippen LogP contribution in [-0.2, 0) is 20.0 Å². The third-order valence-corrected chi connectivity index (χ3v) is 4.03. The van der Waals surface area contributed by atoms with Crippen LogP contribution in [-0.4, -0.2) is 28.0 Å². The zero-order chi connectivity index (χ0) is 12.3. The maximum atomic E-state index is 4.34. The lowest BCUT2D eigenvalue weighted by Crippen LogP contribution is -2.21. The Hall–Kier alpha value is -1.13.